The number of nitrogens with zero attached hydrogens (tertiary/aromatic N) is 1. The van der Waals surface area contributed by atoms with Crippen LogP contribution in [0.15, 0.2) is 89.9 Å². The number of anilines is 1. The maximum absolute atomic E-state index is 13.2. The zero-order chi connectivity index (χ0) is 19.3. The van der Waals surface area contributed by atoms with E-state index < -0.39 is 12.0 Å². The highest BCUT2D eigenvalue weighted by atomic mass is 16.2. The predicted molar refractivity (Wildman–Crippen MR) is 110 cm³/mol. The maximum Gasteiger partial charge on any atom is 0.252 e. The summed E-state index contributed by atoms with van der Waals surface area (Å²) >= 11 is 0. The number of amides is 2. The summed E-state index contributed by atoms with van der Waals surface area (Å²) in [5.74, 6) is -1.09. The average molecular weight is 369 g/mol. The Morgan fingerprint density at radius 3 is 2.07 bits per heavy atom. The van der Waals surface area contributed by atoms with Gasteiger partial charge < -0.3 is 10.6 Å². The van der Waals surface area contributed by atoms with Gasteiger partial charge in [-0.1, -0.05) is 72.8 Å². The standard InChI is InChI=1S/C23H19N3O2/c27-22-20(15-24-18-13-7-8-14-19(18)25-22)26-23(28)21(16-9-3-1-4-10-16)17-11-5-2-6-12-17/h1-15,20-21H,(H,25,27)(H,26,28)/t20-/m1/s1. The molecule has 0 bridgehead atoms. The lowest BCUT2D eigenvalue weighted by molar-refractivity contribution is -0.125. The van der Waals surface area contributed by atoms with Crippen LogP contribution in [0.5, 0.6) is 0 Å². The highest BCUT2D eigenvalue weighted by Crippen LogP contribution is 2.27. The molecule has 28 heavy (non-hydrogen) atoms. The number of para-hydroxylation sites is 2. The Hall–Kier alpha value is -3.73. The molecule has 5 nitrogen and oxygen atoms in total. The average Bonchev–Trinajstić information content (AvgIpc) is 2.88. The summed E-state index contributed by atoms with van der Waals surface area (Å²) in [6.45, 7) is 0. The largest absolute Gasteiger partial charge is 0.339 e. The Balaban J connectivity index is 1.61. The van der Waals surface area contributed by atoms with Crippen LogP contribution in [0.25, 0.3) is 0 Å². The zero-order valence-corrected chi connectivity index (χ0v) is 15.1. The van der Waals surface area contributed by atoms with E-state index in [1.807, 2.05) is 78.9 Å². The van der Waals surface area contributed by atoms with Gasteiger partial charge in [-0.3, -0.25) is 14.6 Å². The SMILES string of the molecule is O=C(N[C@@H]1C=Nc2ccccc2NC1=O)C(c1ccccc1)c1ccccc1. The van der Waals surface area contributed by atoms with Gasteiger partial charge in [-0.2, -0.15) is 0 Å². The fourth-order valence-electron chi connectivity index (χ4n) is 3.25. The highest BCUT2D eigenvalue weighted by molar-refractivity contribution is 6.11. The van der Waals surface area contributed by atoms with Crippen molar-refractivity contribution in [3.63, 3.8) is 0 Å². The quantitative estimate of drug-likeness (QED) is 0.737. The van der Waals surface area contributed by atoms with Crippen molar-refractivity contribution in [3.8, 4) is 0 Å². The first-order valence-corrected chi connectivity index (χ1v) is 9.07. The summed E-state index contributed by atoms with van der Waals surface area (Å²) in [4.78, 5) is 30.1. The number of aliphatic imine (C=N–C) groups is 1. The van der Waals surface area contributed by atoms with Crippen LogP contribution in [0.4, 0.5) is 11.4 Å². The summed E-state index contributed by atoms with van der Waals surface area (Å²) in [7, 11) is 0. The molecule has 1 aliphatic rings. The second kappa shape index (κ2) is 7.88. The van der Waals surface area contributed by atoms with E-state index in [1.165, 1.54) is 6.21 Å². The van der Waals surface area contributed by atoms with Crippen LogP contribution in [0.1, 0.15) is 17.0 Å². The maximum atomic E-state index is 13.2. The van der Waals surface area contributed by atoms with E-state index in [0.29, 0.717) is 11.4 Å². The molecule has 4 rings (SSSR count). The molecule has 1 atom stereocenters. The minimum atomic E-state index is -0.852. The Morgan fingerprint density at radius 2 is 1.43 bits per heavy atom. The molecule has 1 heterocycles. The molecule has 0 saturated heterocycles. The molecule has 0 aliphatic carbocycles. The minimum absolute atomic E-state index is 0.255. The van der Waals surface area contributed by atoms with E-state index in [9.17, 15) is 9.59 Å². The molecule has 5 heteroatoms. The van der Waals surface area contributed by atoms with E-state index >= 15 is 0 Å². The van der Waals surface area contributed by atoms with Gasteiger partial charge in [-0.25, -0.2) is 0 Å². The topological polar surface area (TPSA) is 70.6 Å². The molecule has 0 saturated carbocycles. The van der Waals surface area contributed by atoms with Gasteiger partial charge in [-0.05, 0) is 23.3 Å². The van der Waals surface area contributed by atoms with E-state index in [1.54, 1.807) is 6.07 Å². The van der Waals surface area contributed by atoms with Crippen molar-refractivity contribution >= 4 is 29.4 Å². The second-order valence-corrected chi connectivity index (χ2v) is 6.53. The Kier molecular flexibility index (Phi) is 4.97. The number of carbonyl (C=O) groups is 2. The van der Waals surface area contributed by atoms with Crippen molar-refractivity contribution in [1.29, 1.82) is 0 Å². The summed E-state index contributed by atoms with van der Waals surface area (Å²) in [5.41, 5.74) is 3.01. The van der Waals surface area contributed by atoms with Crippen LogP contribution < -0.4 is 10.6 Å². The number of fused-ring (bicyclic) bond motifs is 1. The Labute approximate surface area is 163 Å². The van der Waals surface area contributed by atoms with E-state index in [4.69, 9.17) is 0 Å². The van der Waals surface area contributed by atoms with Crippen LogP contribution in [-0.2, 0) is 9.59 Å². The zero-order valence-electron chi connectivity index (χ0n) is 15.1. The van der Waals surface area contributed by atoms with Crippen molar-refractivity contribution in [3.05, 3.63) is 96.1 Å². The molecule has 2 N–H and O–H groups in total. The molecule has 0 aromatic heterocycles. The molecular formula is C23H19N3O2. The molecule has 3 aromatic rings. The minimum Gasteiger partial charge on any atom is -0.339 e. The molecule has 3 aromatic carbocycles. The first-order chi connectivity index (χ1) is 13.7. The Morgan fingerprint density at radius 1 is 0.857 bits per heavy atom. The van der Waals surface area contributed by atoms with E-state index in [-0.39, 0.29) is 11.8 Å². The number of hydrogen-bond acceptors (Lipinski definition) is 3. The van der Waals surface area contributed by atoms with Gasteiger partial charge in [0.2, 0.25) is 5.91 Å². The lowest BCUT2D eigenvalue weighted by Crippen LogP contribution is -2.46. The molecular weight excluding hydrogens is 350 g/mol. The molecule has 1 aliphatic heterocycles. The van der Waals surface area contributed by atoms with E-state index in [0.717, 1.165) is 11.1 Å². The first kappa shape index (κ1) is 17.7. The highest BCUT2D eigenvalue weighted by Gasteiger charge is 2.28. The van der Waals surface area contributed by atoms with Crippen molar-refractivity contribution in [2.75, 3.05) is 5.32 Å². The molecule has 0 radical (unpaired) electrons. The van der Waals surface area contributed by atoms with Crippen molar-refractivity contribution < 1.29 is 9.59 Å². The number of hydrogen-bond donors (Lipinski definition) is 2. The van der Waals surface area contributed by atoms with Gasteiger partial charge in [0.15, 0.2) is 0 Å². The molecule has 138 valence electrons. The van der Waals surface area contributed by atoms with Crippen LogP contribution >= 0.6 is 0 Å². The fraction of sp³-hybridized carbons (Fsp3) is 0.0870. The summed E-state index contributed by atoms with van der Waals surface area (Å²) < 4.78 is 0. The summed E-state index contributed by atoms with van der Waals surface area (Å²) in [5, 5.41) is 5.66. The van der Waals surface area contributed by atoms with Crippen LogP contribution in [-0.4, -0.2) is 24.1 Å². The lowest BCUT2D eigenvalue weighted by Gasteiger charge is -2.20. The third-order valence-corrected chi connectivity index (χ3v) is 4.63. The van der Waals surface area contributed by atoms with E-state index in [2.05, 4.69) is 15.6 Å². The molecule has 0 spiro atoms. The van der Waals surface area contributed by atoms with Gasteiger partial charge in [-0.15, -0.1) is 0 Å². The number of carbonyl (C=O) groups excluding carboxylic acids is 2. The fourth-order valence-corrected chi connectivity index (χ4v) is 3.25. The van der Waals surface area contributed by atoms with Crippen molar-refractivity contribution in [1.82, 2.24) is 5.32 Å². The second-order valence-electron chi connectivity index (χ2n) is 6.53. The van der Waals surface area contributed by atoms with Crippen molar-refractivity contribution in [2.45, 2.75) is 12.0 Å². The number of nitrogens with one attached hydrogen (secondary N) is 2. The van der Waals surface area contributed by atoms with Crippen LogP contribution in [0.3, 0.4) is 0 Å². The molecule has 0 fully saturated rings. The Bertz CT molecular complexity index is 977. The van der Waals surface area contributed by atoms with Gasteiger partial charge in [0.25, 0.3) is 5.91 Å². The van der Waals surface area contributed by atoms with Crippen molar-refractivity contribution in [2.24, 2.45) is 4.99 Å². The summed E-state index contributed by atoms with van der Waals surface area (Å²) in [6, 6.07) is 25.5. The monoisotopic (exact) mass is 369 g/mol. The summed E-state index contributed by atoms with van der Waals surface area (Å²) in [6.07, 6.45) is 1.48. The van der Waals surface area contributed by atoms with Gasteiger partial charge >= 0.3 is 0 Å². The lowest BCUT2D eigenvalue weighted by atomic mass is 9.90. The van der Waals surface area contributed by atoms with Crippen LogP contribution in [0.2, 0.25) is 0 Å². The van der Waals surface area contributed by atoms with Crippen LogP contribution in [0, 0.1) is 0 Å². The first-order valence-electron chi connectivity index (χ1n) is 9.07. The molecule has 2 amide bonds. The number of benzene rings is 3. The third-order valence-electron chi connectivity index (χ3n) is 4.63. The smallest absolute Gasteiger partial charge is 0.252 e. The van der Waals surface area contributed by atoms with Gasteiger partial charge in [0.05, 0.1) is 17.3 Å². The van der Waals surface area contributed by atoms with Gasteiger partial charge in [0.1, 0.15) is 6.04 Å². The number of rotatable bonds is 4. The van der Waals surface area contributed by atoms with Gasteiger partial charge in [0, 0.05) is 6.21 Å². The molecule has 0 unspecified atom stereocenters. The normalized spacial score (nSPS) is 15.5. The predicted octanol–water partition coefficient (Wildman–Crippen LogP) is 3.66. The third kappa shape index (κ3) is 3.69.